The van der Waals surface area contributed by atoms with Crippen LogP contribution < -0.4 is 4.90 Å². The van der Waals surface area contributed by atoms with Gasteiger partial charge in [-0.3, -0.25) is 0 Å². The minimum atomic E-state index is 0.180. The molecule has 5 heteroatoms. The summed E-state index contributed by atoms with van der Waals surface area (Å²) in [5, 5.41) is 9.15. The second-order valence-corrected chi connectivity index (χ2v) is 4.29. The molecule has 2 rings (SSSR count). The molecule has 0 radical (unpaired) electrons. The van der Waals surface area contributed by atoms with Crippen LogP contribution in [0.2, 0.25) is 0 Å². The van der Waals surface area contributed by atoms with Crippen LogP contribution >= 0.6 is 15.9 Å². The van der Waals surface area contributed by atoms with Crippen LogP contribution in [0.4, 0.5) is 5.95 Å². The number of halogens is 1. The molecule has 0 saturated carbocycles. The van der Waals surface area contributed by atoms with Crippen LogP contribution in [0.15, 0.2) is 16.9 Å². The molecule has 1 atom stereocenters. The topological polar surface area (TPSA) is 49.2 Å². The Kier molecular flexibility index (Phi) is 2.98. The molecular formula is C9H12BrN3O. The van der Waals surface area contributed by atoms with Crippen molar-refractivity contribution in [1.29, 1.82) is 0 Å². The third kappa shape index (κ3) is 1.88. The molecule has 1 aliphatic rings. The first-order chi connectivity index (χ1) is 6.81. The van der Waals surface area contributed by atoms with E-state index in [1.807, 2.05) is 0 Å². The predicted molar refractivity (Wildman–Crippen MR) is 57.2 cm³/mol. The van der Waals surface area contributed by atoms with E-state index in [0.717, 1.165) is 23.9 Å². The van der Waals surface area contributed by atoms with Crippen molar-refractivity contribution in [3.63, 3.8) is 0 Å². The number of anilines is 1. The zero-order chi connectivity index (χ0) is 9.97. The second-order valence-electron chi connectivity index (χ2n) is 3.37. The van der Waals surface area contributed by atoms with Gasteiger partial charge in [0.05, 0.1) is 17.1 Å². The first kappa shape index (κ1) is 9.86. The standard InChI is InChI=1S/C9H12BrN3O/c10-7-4-11-9(12-5-7)13-3-1-2-8(13)6-14/h4-5,8,14H,1-3,6H2. The molecule has 2 heterocycles. The van der Waals surface area contributed by atoms with Gasteiger partial charge in [-0.2, -0.15) is 0 Å². The first-order valence-corrected chi connectivity index (χ1v) is 5.45. The van der Waals surface area contributed by atoms with Gasteiger partial charge in [0.1, 0.15) is 0 Å². The molecule has 4 nitrogen and oxygen atoms in total. The number of hydrogen-bond acceptors (Lipinski definition) is 4. The van der Waals surface area contributed by atoms with Gasteiger partial charge < -0.3 is 10.0 Å². The third-order valence-electron chi connectivity index (χ3n) is 2.45. The highest BCUT2D eigenvalue weighted by Crippen LogP contribution is 2.22. The Morgan fingerprint density at radius 3 is 2.86 bits per heavy atom. The minimum Gasteiger partial charge on any atom is -0.394 e. The molecule has 0 aromatic carbocycles. The molecule has 1 N–H and O–H groups in total. The summed E-state index contributed by atoms with van der Waals surface area (Å²) in [6, 6.07) is 0.191. The van der Waals surface area contributed by atoms with Crippen molar-refractivity contribution in [2.75, 3.05) is 18.1 Å². The van der Waals surface area contributed by atoms with Crippen LogP contribution in [-0.2, 0) is 0 Å². The molecular weight excluding hydrogens is 246 g/mol. The molecule has 0 spiro atoms. The summed E-state index contributed by atoms with van der Waals surface area (Å²) in [4.78, 5) is 10.5. The summed E-state index contributed by atoms with van der Waals surface area (Å²) >= 11 is 3.29. The smallest absolute Gasteiger partial charge is 0.225 e. The minimum absolute atomic E-state index is 0.180. The van der Waals surface area contributed by atoms with Crippen molar-refractivity contribution in [2.24, 2.45) is 0 Å². The summed E-state index contributed by atoms with van der Waals surface area (Å²) < 4.78 is 0.876. The molecule has 1 aliphatic heterocycles. The van der Waals surface area contributed by atoms with Crippen molar-refractivity contribution < 1.29 is 5.11 Å². The molecule has 1 aromatic rings. The molecule has 1 unspecified atom stereocenters. The van der Waals surface area contributed by atoms with Crippen LogP contribution in [0.5, 0.6) is 0 Å². The van der Waals surface area contributed by atoms with Gasteiger partial charge in [-0.15, -0.1) is 0 Å². The van der Waals surface area contributed by atoms with Crippen molar-refractivity contribution >= 4 is 21.9 Å². The van der Waals surface area contributed by atoms with Crippen molar-refractivity contribution in [3.8, 4) is 0 Å². The summed E-state index contributed by atoms with van der Waals surface area (Å²) in [5.41, 5.74) is 0. The molecule has 0 bridgehead atoms. The molecule has 1 fully saturated rings. The molecule has 0 aliphatic carbocycles. The fourth-order valence-electron chi connectivity index (χ4n) is 1.74. The van der Waals surface area contributed by atoms with Gasteiger partial charge in [0.25, 0.3) is 0 Å². The number of aliphatic hydroxyl groups is 1. The summed E-state index contributed by atoms with van der Waals surface area (Å²) in [6.07, 6.45) is 5.59. The average molecular weight is 258 g/mol. The first-order valence-electron chi connectivity index (χ1n) is 4.66. The van der Waals surface area contributed by atoms with E-state index in [1.165, 1.54) is 0 Å². The van der Waals surface area contributed by atoms with E-state index >= 15 is 0 Å². The SMILES string of the molecule is OCC1CCCN1c1ncc(Br)cn1. The summed E-state index contributed by atoms with van der Waals surface area (Å²) in [7, 11) is 0. The Bertz CT molecular complexity index is 303. The van der Waals surface area contributed by atoms with Gasteiger partial charge >= 0.3 is 0 Å². The summed E-state index contributed by atoms with van der Waals surface area (Å²) in [5.74, 6) is 0.713. The normalized spacial score (nSPS) is 21.6. The van der Waals surface area contributed by atoms with Crippen LogP contribution in [0.25, 0.3) is 0 Å². The van der Waals surface area contributed by atoms with Gasteiger partial charge in [0.15, 0.2) is 0 Å². The maximum absolute atomic E-state index is 9.15. The van der Waals surface area contributed by atoms with E-state index in [9.17, 15) is 0 Å². The molecule has 1 aromatic heterocycles. The number of aliphatic hydroxyl groups excluding tert-OH is 1. The lowest BCUT2D eigenvalue weighted by molar-refractivity contribution is 0.265. The number of hydrogen-bond donors (Lipinski definition) is 1. The van der Waals surface area contributed by atoms with E-state index in [2.05, 4.69) is 30.8 Å². The zero-order valence-corrected chi connectivity index (χ0v) is 9.31. The number of rotatable bonds is 2. The average Bonchev–Trinajstić information content (AvgIpc) is 2.67. The zero-order valence-electron chi connectivity index (χ0n) is 7.73. The number of aromatic nitrogens is 2. The Labute approximate surface area is 91.1 Å². The quantitative estimate of drug-likeness (QED) is 0.866. The lowest BCUT2D eigenvalue weighted by Crippen LogP contribution is -2.33. The highest BCUT2D eigenvalue weighted by atomic mass is 79.9. The summed E-state index contributed by atoms with van der Waals surface area (Å²) in [6.45, 7) is 1.12. The lowest BCUT2D eigenvalue weighted by atomic mass is 10.2. The van der Waals surface area contributed by atoms with E-state index in [4.69, 9.17) is 5.11 Å². The van der Waals surface area contributed by atoms with Gasteiger partial charge in [-0.1, -0.05) is 0 Å². The van der Waals surface area contributed by atoms with Gasteiger partial charge in [0, 0.05) is 18.9 Å². The Morgan fingerprint density at radius 1 is 1.50 bits per heavy atom. The Morgan fingerprint density at radius 2 is 2.21 bits per heavy atom. The Balaban J connectivity index is 2.17. The Hall–Kier alpha value is -0.680. The molecule has 1 saturated heterocycles. The molecule has 14 heavy (non-hydrogen) atoms. The third-order valence-corrected chi connectivity index (χ3v) is 2.86. The van der Waals surface area contributed by atoms with Crippen LogP contribution in [0.3, 0.4) is 0 Å². The molecule has 76 valence electrons. The predicted octanol–water partition coefficient (Wildman–Crippen LogP) is 1.20. The van der Waals surface area contributed by atoms with Gasteiger partial charge in [-0.05, 0) is 28.8 Å². The van der Waals surface area contributed by atoms with E-state index in [0.29, 0.717) is 5.95 Å². The largest absolute Gasteiger partial charge is 0.394 e. The fourth-order valence-corrected chi connectivity index (χ4v) is 1.95. The highest BCUT2D eigenvalue weighted by Gasteiger charge is 2.25. The van der Waals surface area contributed by atoms with E-state index in [-0.39, 0.29) is 12.6 Å². The van der Waals surface area contributed by atoms with Gasteiger partial charge in [0.2, 0.25) is 5.95 Å². The maximum atomic E-state index is 9.15. The van der Waals surface area contributed by atoms with Crippen LogP contribution in [0, 0.1) is 0 Å². The molecule has 0 amide bonds. The van der Waals surface area contributed by atoms with Crippen molar-refractivity contribution in [1.82, 2.24) is 9.97 Å². The maximum Gasteiger partial charge on any atom is 0.225 e. The van der Waals surface area contributed by atoms with E-state index < -0.39 is 0 Å². The lowest BCUT2D eigenvalue weighted by Gasteiger charge is -2.22. The number of nitrogens with zero attached hydrogens (tertiary/aromatic N) is 3. The van der Waals surface area contributed by atoms with Crippen molar-refractivity contribution in [2.45, 2.75) is 18.9 Å². The van der Waals surface area contributed by atoms with Crippen molar-refractivity contribution in [3.05, 3.63) is 16.9 Å². The second kappa shape index (κ2) is 4.23. The van der Waals surface area contributed by atoms with Gasteiger partial charge in [-0.25, -0.2) is 9.97 Å². The van der Waals surface area contributed by atoms with E-state index in [1.54, 1.807) is 12.4 Å². The van der Waals surface area contributed by atoms with Crippen LogP contribution in [-0.4, -0.2) is 34.3 Å². The fraction of sp³-hybridized carbons (Fsp3) is 0.556. The highest BCUT2D eigenvalue weighted by molar-refractivity contribution is 9.10. The monoisotopic (exact) mass is 257 g/mol. The van der Waals surface area contributed by atoms with Crippen LogP contribution in [0.1, 0.15) is 12.8 Å².